The average Bonchev–Trinajstić information content (AvgIpc) is 2.82. The zero-order valence-corrected chi connectivity index (χ0v) is 10.3. The summed E-state index contributed by atoms with van der Waals surface area (Å²) in [5.74, 6) is 1.03. The minimum Gasteiger partial charge on any atom is -0.507 e. The topological polar surface area (TPSA) is 29.5 Å². The number of benzene rings is 2. The predicted octanol–water partition coefficient (Wildman–Crippen LogP) is 4.16. The van der Waals surface area contributed by atoms with E-state index in [1.54, 1.807) is 12.1 Å². The standard InChI is InChI=1S/C15H11ClO2/c16-11-5-3-4-10(8-11)15(17)13-9-18-14-7-2-1-6-12(13)14/h1-8,17H,9H2. The molecule has 0 saturated heterocycles. The molecular formula is C15H11ClO2. The highest BCUT2D eigenvalue weighted by atomic mass is 35.5. The highest BCUT2D eigenvalue weighted by Crippen LogP contribution is 2.36. The summed E-state index contributed by atoms with van der Waals surface area (Å²) in [5.41, 5.74) is 2.45. The van der Waals surface area contributed by atoms with Crippen LogP contribution in [0.25, 0.3) is 11.3 Å². The van der Waals surface area contributed by atoms with Crippen LogP contribution >= 0.6 is 11.6 Å². The highest BCUT2D eigenvalue weighted by Gasteiger charge is 2.21. The van der Waals surface area contributed by atoms with Crippen molar-refractivity contribution in [2.45, 2.75) is 0 Å². The molecule has 2 aromatic rings. The highest BCUT2D eigenvalue weighted by molar-refractivity contribution is 6.30. The van der Waals surface area contributed by atoms with Crippen LogP contribution in [-0.2, 0) is 0 Å². The maximum absolute atomic E-state index is 10.3. The summed E-state index contributed by atoms with van der Waals surface area (Å²) in [6.07, 6.45) is 0. The first-order valence-corrected chi connectivity index (χ1v) is 6.04. The number of hydrogen-bond acceptors (Lipinski definition) is 2. The lowest BCUT2D eigenvalue weighted by Gasteiger charge is -2.05. The minimum absolute atomic E-state index is 0.224. The summed E-state index contributed by atoms with van der Waals surface area (Å²) < 4.78 is 5.53. The van der Waals surface area contributed by atoms with Gasteiger partial charge in [0.15, 0.2) is 0 Å². The Balaban J connectivity index is 2.12. The molecule has 2 aromatic carbocycles. The summed E-state index contributed by atoms with van der Waals surface area (Å²) in [4.78, 5) is 0. The number of hydrogen-bond donors (Lipinski definition) is 1. The second-order valence-electron chi connectivity index (χ2n) is 4.12. The van der Waals surface area contributed by atoms with Crippen LogP contribution in [0.2, 0.25) is 5.02 Å². The number of ether oxygens (including phenoxy) is 1. The SMILES string of the molecule is OC(=C1COc2ccccc21)c1cccc(Cl)c1. The molecule has 90 valence electrons. The first-order valence-electron chi connectivity index (χ1n) is 5.66. The molecule has 0 saturated carbocycles. The zero-order valence-electron chi connectivity index (χ0n) is 9.56. The van der Waals surface area contributed by atoms with Crippen LogP contribution in [0.15, 0.2) is 48.5 Å². The van der Waals surface area contributed by atoms with Crippen molar-refractivity contribution in [3.63, 3.8) is 0 Å². The Morgan fingerprint density at radius 1 is 1.11 bits per heavy atom. The van der Waals surface area contributed by atoms with Crippen LogP contribution in [0, 0.1) is 0 Å². The molecule has 0 radical (unpaired) electrons. The molecule has 1 aliphatic heterocycles. The predicted molar refractivity (Wildman–Crippen MR) is 72.8 cm³/mol. The zero-order chi connectivity index (χ0) is 12.5. The van der Waals surface area contributed by atoms with Gasteiger partial charge in [-0.25, -0.2) is 0 Å². The third-order valence-corrected chi connectivity index (χ3v) is 3.20. The van der Waals surface area contributed by atoms with Crippen molar-refractivity contribution in [2.75, 3.05) is 6.61 Å². The van der Waals surface area contributed by atoms with Crippen LogP contribution in [0.4, 0.5) is 0 Å². The summed E-state index contributed by atoms with van der Waals surface area (Å²) in [5, 5.41) is 10.9. The third kappa shape index (κ3) is 1.85. The van der Waals surface area contributed by atoms with Gasteiger partial charge in [0, 0.05) is 21.7 Å². The van der Waals surface area contributed by atoms with E-state index < -0.39 is 0 Å². The van der Waals surface area contributed by atoms with Crippen molar-refractivity contribution in [2.24, 2.45) is 0 Å². The normalized spacial score (nSPS) is 16.1. The lowest BCUT2D eigenvalue weighted by atomic mass is 10.0. The van der Waals surface area contributed by atoms with Gasteiger partial charge in [-0.1, -0.05) is 41.9 Å². The van der Waals surface area contributed by atoms with E-state index in [1.807, 2.05) is 36.4 Å². The van der Waals surface area contributed by atoms with Crippen LogP contribution in [0.1, 0.15) is 11.1 Å². The lowest BCUT2D eigenvalue weighted by molar-refractivity contribution is 0.386. The fourth-order valence-electron chi connectivity index (χ4n) is 2.08. The molecule has 18 heavy (non-hydrogen) atoms. The molecule has 3 rings (SSSR count). The van der Waals surface area contributed by atoms with Gasteiger partial charge < -0.3 is 9.84 Å². The number of aliphatic hydroxyl groups excluding tert-OH is 1. The molecule has 1 N–H and O–H groups in total. The molecule has 1 heterocycles. The van der Waals surface area contributed by atoms with E-state index in [-0.39, 0.29) is 5.76 Å². The molecule has 0 atom stereocenters. The van der Waals surface area contributed by atoms with Gasteiger partial charge in [-0.05, 0) is 18.2 Å². The van der Waals surface area contributed by atoms with E-state index in [1.165, 1.54) is 0 Å². The Bertz CT molecular complexity index is 632. The molecule has 1 aliphatic rings. The maximum atomic E-state index is 10.3. The van der Waals surface area contributed by atoms with E-state index in [0.717, 1.165) is 16.9 Å². The van der Waals surface area contributed by atoms with Crippen LogP contribution in [-0.4, -0.2) is 11.7 Å². The first kappa shape index (κ1) is 11.2. The molecular weight excluding hydrogens is 248 g/mol. The number of rotatable bonds is 1. The monoisotopic (exact) mass is 258 g/mol. The molecule has 0 fully saturated rings. The quantitative estimate of drug-likeness (QED) is 0.779. The molecule has 3 heteroatoms. The number of halogens is 1. The van der Waals surface area contributed by atoms with Gasteiger partial charge in [0.25, 0.3) is 0 Å². The molecule has 0 amide bonds. The van der Waals surface area contributed by atoms with E-state index in [0.29, 0.717) is 17.2 Å². The van der Waals surface area contributed by atoms with E-state index >= 15 is 0 Å². The van der Waals surface area contributed by atoms with Crippen molar-refractivity contribution in [1.82, 2.24) is 0 Å². The van der Waals surface area contributed by atoms with Gasteiger partial charge in [0.05, 0.1) is 0 Å². The minimum atomic E-state index is 0.224. The van der Waals surface area contributed by atoms with Crippen LogP contribution in [0.5, 0.6) is 5.75 Å². The third-order valence-electron chi connectivity index (χ3n) is 2.97. The van der Waals surface area contributed by atoms with Crippen LogP contribution in [0.3, 0.4) is 0 Å². The number of aliphatic hydroxyl groups is 1. The summed E-state index contributed by atoms with van der Waals surface area (Å²) in [6.45, 7) is 0.387. The van der Waals surface area contributed by atoms with E-state index in [9.17, 15) is 5.11 Å². The van der Waals surface area contributed by atoms with Gasteiger partial charge in [-0.3, -0.25) is 0 Å². The van der Waals surface area contributed by atoms with E-state index in [4.69, 9.17) is 16.3 Å². The van der Waals surface area contributed by atoms with Gasteiger partial charge in [0.1, 0.15) is 18.1 Å². The lowest BCUT2D eigenvalue weighted by Crippen LogP contribution is -1.93. The molecule has 2 nitrogen and oxygen atoms in total. The molecule has 0 bridgehead atoms. The van der Waals surface area contributed by atoms with Crippen molar-refractivity contribution < 1.29 is 9.84 Å². The maximum Gasteiger partial charge on any atom is 0.130 e. The van der Waals surface area contributed by atoms with Crippen molar-refractivity contribution in [1.29, 1.82) is 0 Å². The molecule has 0 aromatic heterocycles. The van der Waals surface area contributed by atoms with Crippen LogP contribution < -0.4 is 4.74 Å². The van der Waals surface area contributed by atoms with Gasteiger partial charge >= 0.3 is 0 Å². The largest absolute Gasteiger partial charge is 0.507 e. The number of fused-ring (bicyclic) bond motifs is 1. The van der Waals surface area contributed by atoms with Crippen molar-refractivity contribution in [3.8, 4) is 5.75 Å². The number of para-hydroxylation sites is 1. The Labute approximate surface area is 110 Å². The second kappa shape index (κ2) is 4.39. The van der Waals surface area contributed by atoms with Crippen molar-refractivity contribution >= 4 is 22.9 Å². The molecule has 0 aliphatic carbocycles. The Kier molecular flexibility index (Phi) is 2.73. The summed E-state index contributed by atoms with van der Waals surface area (Å²) in [7, 11) is 0. The van der Waals surface area contributed by atoms with E-state index in [2.05, 4.69) is 0 Å². The fraction of sp³-hybridized carbons (Fsp3) is 0.0667. The van der Waals surface area contributed by atoms with Gasteiger partial charge in [0.2, 0.25) is 0 Å². The summed E-state index contributed by atoms with van der Waals surface area (Å²) >= 11 is 5.93. The van der Waals surface area contributed by atoms with Gasteiger partial charge in [-0.15, -0.1) is 0 Å². The molecule has 0 unspecified atom stereocenters. The fourth-order valence-corrected chi connectivity index (χ4v) is 2.27. The summed E-state index contributed by atoms with van der Waals surface area (Å²) in [6, 6.07) is 14.8. The average molecular weight is 259 g/mol. The van der Waals surface area contributed by atoms with Gasteiger partial charge in [-0.2, -0.15) is 0 Å². The second-order valence-corrected chi connectivity index (χ2v) is 4.56. The smallest absolute Gasteiger partial charge is 0.130 e. The van der Waals surface area contributed by atoms with Crippen molar-refractivity contribution in [3.05, 3.63) is 64.7 Å². The Morgan fingerprint density at radius 3 is 2.78 bits per heavy atom. The first-order chi connectivity index (χ1) is 8.75. The molecule has 0 spiro atoms. The Morgan fingerprint density at radius 2 is 1.94 bits per heavy atom. The Hall–Kier alpha value is -1.93.